The molecule has 3 atom stereocenters. The van der Waals surface area contributed by atoms with Crippen LogP contribution in [0.1, 0.15) is 153 Å². The van der Waals surface area contributed by atoms with Crippen molar-refractivity contribution in [3.63, 3.8) is 0 Å². The van der Waals surface area contributed by atoms with Crippen LogP contribution in [0.3, 0.4) is 0 Å². The zero-order valence-electron chi connectivity index (χ0n) is 32.3. The van der Waals surface area contributed by atoms with Gasteiger partial charge in [0.05, 0.1) is 0 Å². The maximum absolute atomic E-state index is 14.9. The number of hydrogen-bond acceptors (Lipinski definition) is 5. The third-order valence-electron chi connectivity index (χ3n) is 9.76. The van der Waals surface area contributed by atoms with Gasteiger partial charge in [-0.3, -0.25) is 9.05 Å². The largest absolute Gasteiger partial charge is 0.531 e. The zero-order valence-corrected chi connectivity index (χ0v) is 33.2. The SMILES string of the molecule is CC(c1cc(C(C)(C)C)cc(C(C)(C)C)c1O)c1cc(C(C)(C)C)cc(C(C)(C)C)c1OP1(=O)OC(c2ccccc2)C(c2ccccc2)O1. The van der Waals surface area contributed by atoms with Gasteiger partial charge in [0.2, 0.25) is 0 Å². The Balaban J connectivity index is 1.74. The highest BCUT2D eigenvalue weighted by molar-refractivity contribution is 7.49. The van der Waals surface area contributed by atoms with Crippen LogP contribution in [0.2, 0.25) is 0 Å². The summed E-state index contributed by atoms with van der Waals surface area (Å²) in [7, 11) is -4.19. The molecule has 3 unspecified atom stereocenters. The summed E-state index contributed by atoms with van der Waals surface area (Å²) in [5, 5.41) is 12.0. The predicted octanol–water partition coefficient (Wildman–Crippen LogP) is 12.8. The van der Waals surface area contributed by atoms with Gasteiger partial charge >= 0.3 is 7.82 Å². The van der Waals surface area contributed by atoms with Crippen LogP contribution in [0.5, 0.6) is 11.5 Å². The number of phosphoric acid groups is 1. The smallest absolute Gasteiger partial charge is 0.507 e. The van der Waals surface area contributed by atoms with Gasteiger partial charge in [-0.1, -0.05) is 175 Å². The summed E-state index contributed by atoms with van der Waals surface area (Å²) in [6.45, 7) is 28.1. The number of phenolic OH excluding ortho intramolecular Hbond substituents is 1. The van der Waals surface area contributed by atoms with Crippen LogP contribution in [-0.4, -0.2) is 5.11 Å². The van der Waals surface area contributed by atoms with Gasteiger partial charge in [0.25, 0.3) is 0 Å². The zero-order chi connectivity index (χ0) is 37.0. The fourth-order valence-electron chi connectivity index (χ4n) is 6.55. The average Bonchev–Trinajstić information content (AvgIpc) is 3.36. The molecule has 0 amide bonds. The van der Waals surface area contributed by atoms with Crippen LogP contribution >= 0.6 is 7.82 Å². The number of phenols is 1. The van der Waals surface area contributed by atoms with E-state index in [-0.39, 0.29) is 27.9 Å². The fraction of sp³-hybridized carbons (Fsp3) is 0.455. The van der Waals surface area contributed by atoms with Gasteiger partial charge in [0, 0.05) is 22.6 Å². The van der Waals surface area contributed by atoms with E-state index >= 15 is 0 Å². The van der Waals surface area contributed by atoms with Crippen molar-refractivity contribution < 1.29 is 23.2 Å². The summed E-state index contributed by atoms with van der Waals surface area (Å²) in [6.07, 6.45) is -1.28. The lowest BCUT2D eigenvalue weighted by atomic mass is 9.74. The van der Waals surface area contributed by atoms with Crippen LogP contribution < -0.4 is 4.52 Å². The van der Waals surface area contributed by atoms with Crippen molar-refractivity contribution in [1.82, 2.24) is 0 Å². The minimum absolute atomic E-state index is 0.152. The van der Waals surface area contributed by atoms with Gasteiger partial charge in [-0.2, -0.15) is 0 Å². The molecule has 0 saturated carbocycles. The molecule has 0 aromatic heterocycles. The first-order chi connectivity index (χ1) is 23.0. The van der Waals surface area contributed by atoms with E-state index in [1.807, 2.05) is 60.7 Å². The quantitative estimate of drug-likeness (QED) is 0.203. The highest BCUT2D eigenvalue weighted by Gasteiger charge is 2.50. The van der Waals surface area contributed by atoms with E-state index in [1.54, 1.807) is 0 Å². The Hall–Kier alpha value is -3.37. The van der Waals surface area contributed by atoms with E-state index in [0.29, 0.717) is 5.75 Å². The van der Waals surface area contributed by atoms with E-state index in [1.165, 1.54) is 0 Å². The molecule has 1 saturated heterocycles. The monoisotopic (exact) mass is 696 g/mol. The molecule has 4 aromatic carbocycles. The van der Waals surface area contributed by atoms with Crippen molar-refractivity contribution in [2.24, 2.45) is 0 Å². The standard InChI is InChI=1S/C44H57O5P/c1-28(33-24-31(41(2,3)4)26-35(37(33)45)43(8,9)10)34-25-32(42(5,6)7)27-36(44(11,12)13)40(34)49-50(46)47-38(29-20-16-14-17-21-29)39(48-50)30-22-18-15-19-23-30/h14-28,38-39,45H,1-13H3. The van der Waals surface area contributed by atoms with E-state index < -0.39 is 25.4 Å². The number of phosphoric ester groups is 1. The van der Waals surface area contributed by atoms with Gasteiger partial charge in [-0.05, 0) is 49.5 Å². The molecular weight excluding hydrogens is 639 g/mol. The molecule has 1 N–H and O–H groups in total. The minimum atomic E-state index is -4.19. The summed E-state index contributed by atoms with van der Waals surface area (Å²) >= 11 is 0. The van der Waals surface area contributed by atoms with Crippen molar-refractivity contribution in [2.75, 3.05) is 0 Å². The summed E-state index contributed by atoms with van der Waals surface area (Å²) in [5.41, 5.74) is 6.35. The van der Waals surface area contributed by atoms with Gasteiger partial charge in [0.1, 0.15) is 23.7 Å². The second-order valence-corrected chi connectivity index (χ2v) is 19.5. The molecule has 5 nitrogen and oxygen atoms in total. The van der Waals surface area contributed by atoms with Crippen molar-refractivity contribution >= 4 is 7.82 Å². The topological polar surface area (TPSA) is 65.0 Å². The third-order valence-corrected chi connectivity index (χ3v) is 11.1. The Morgan fingerprint density at radius 2 is 1.00 bits per heavy atom. The molecule has 6 heteroatoms. The van der Waals surface area contributed by atoms with E-state index in [2.05, 4.69) is 114 Å². The first kappa shape index (κ1) is 37.9. The molecule has 50 heavy (non-hydrogen) atoms. The maximum atomic E-state index is 14.9. The normalized spacial score (nSPS) is 20.9. The first-order valence-electron chi connectivity index (χ1n) is 17.8. The second-order valence-electron chi connectivity index (χ2n) is 18.0. The summed E-state index contributed by atoms with van der Waals surface area (Å²) in [5.74, 6) is 0.413. The Morgan fingerprint density at radius 3 is 1.40 bits per heavy atom. The summed E-state index contributed by atoms with van der Waals surface area (Å²) < 4.78 is 34.5. The molecule has 1 heterocycles. The molecule has 0 radical (unpaired) electrons. The molecule has 1 fully saturated rings. The molecule has 0 aliphatic carbocycles. The van der Waals surface area contributed by atoms with Crippen LogP contribution in [-0.2, 0) is 35.3 Å². The molecule has 0 bridgehead atoms. The lowest BCUT2D eigenvalue weighted by Crippen LogP contribution is -2.20. The number of rotatable bonds is 6. The van der Waals surface area contributed by atoms with Crippen molar-refractivity contribution in [2.45, 2.75) is 130 Å². The van der Waals surface area contributed by atoms with Gasteiger partial charge in [-0.25, -0.2) is 4.57 Å². The molecule has 0 spiro atoms. The molecule has 5 rings (SSSR count). The van der Waals surface area contributed by atoms with Gasteiger partial charge in [-0.15, -0.1) is 0 Å². The molecule has 268 valence electrons. The van der Waals surface area contributed by atoms with Crippen LogP contribution in [0.15, 0.2) is 84.9 Å². The van der Waals surface area contributed by atoms with Gasteiger partial charge < -0.3 is 9.63 Å². The first-order valence-corrected chi connectivity index (χ1v) is 19.3. The van der Waals surface area contributed by atoms with Crippen molar-refractivity contribution in [3.05, 3.63) is 129 Å². The molecule has 1 aliphatic rings. The molecule has 4 aromatic rings. The molecule has 1 aliphatic heterocycles. The Bertz CT molecular complexity index is 1820. The van der Waals surface area contributed by atoms with Crippen LogP contribution in [0.4, 0.5) is 0 Å². The molecular formula is C44H57O5P. The van der Waals surface area contributed by atoms with E-state index in [0.717, 1.165) is 44.5 Å². The Kier molecular flexibility index (Phi) is 10.1. The third kappa shape index (κ3) is 7.91. The van der Waals surface area contributed by atoms with Crippen molar-refractivity contribution in [3.8, 4) is 11.5 Å². The highest BCUT2D eigenvalue weighted by atomic mass is 31.2. The van der Waals surface area contributed by atoms with Crippen LogP contribution in [0.25, 0.3) is 0 Å². The highest BCUT2D eigenvalue weighted by Crippen LogP contribution is 2.66. The van der Waals surface area contributed by atoms with Crippen LogP contribution in [0, 0.1) is 0 Å². The Labute approximate surface area is 301 Å². The number of hydrogen-bond donors (Lipinski definition) is 1. The lowest BCUT2D eigenvalue weighted by molar-refractivity contribution is 0.159. The summed E-state index contributed by atoms with van der Waals surface area (Å²) in [6, 6.07) is 28.1. The predicted molar refractivity (Wildman–Crippen MR) is 206 cm³/mol. The summed E-state index contributed by atoms with van der Waals surface area (Å²) in [4.78, 5) is 0. The maximum Gasteiger partial charge on any atom is 0.531 e. The van der Waals surface area contributed by atoms with Gasteiger partial charge in [0.15, 0.2) is 0 Å². The van der Waals surface area contributed by atoms with E-state index in [9.17, 15) is 9.67 Å². The Morgan fingerprint density at radius 1 is 0.600 bits per heavy atom. The second kappa shape index (κ2) is 13.3. The lowest BCUT2D eigenvalue weighted by Gasteiger charge is -2.33. The average molecular weight is 697 g/mol. The number of aromatic hydroxyl groups is 1. The fourth-order valence-corrected chi connectivity index (χ4v) is 8.13. The minimum Gasteiger partial charge on any atom is -0.507 e. The van der Waals surface area contributed by atoms with E-state index in [4.69, 9.17) is 13.6 Å². The van der Waals surface area contributed by atoms with Crippen molar-refractivity contribution in [1.29, 1.82) is 0 Å². The number of benzene rings is 4.